The number of halogens is 1. The van der Waals surface area contributed by atoms with Gasteiger partial charge in [-0.05, 0) is 36.6 Å². The maximum atomic E-state index is 11.8. The molecular formula is C28H27BrO4. The molecule has 3 atom stereocenters. The predicted molar refractivity (Wildman–Crippen MR) is 131 cm³/mol. The van der Waals surface area contributed by atoms with E-state index >= 15 is 0 Å². The predicted octanol–water partition coefficient (Wildman–Crippen LogP) is 5.54. The molecule has 1 saturated heterocycles. The number of hydrogen-bond donors (Lipinski definition) is 1. The van der Waals surface area contributed by atoms with Gasteiger partial charge in [0.25, 0.3) is 0 Å². The minimum Gasteiger partial charge on any atom is -0.379 e. The van der Waals surface area contributed by atoms with Gasteiger partial charge in [-0.1, -0.05) is 107 Å². The van der Waals surface area contributed by atoms with Crippen LogP contribution in [0.4, 0.5) is 0 Å². The number of fused-ring (bicyclic) bond motifs is 1. The summed E-state index contributed by atoms with van der Waals surface area (Å²) in [6.45, 7) is 3.72. The van der Waals surface area contributed by atoms with E-state index in [1.54, 1.807) is 0 Å². The van der Waals surface area contributed by atoms with E-state index in [-0.39, 0.29) is 12.7 Å². The van der Waals surface area contributed by atoms with Crippen molar-refractivity contribution in [2.75, 3.05) is 6.61 Å². The molecule has 1 aliphatic carbocycles. The van der Waals surface area contributed by atoms with Crippen LogP contribution in [0.5, 0.6) is 0 Å². The minimum absolute atomic E-state index is 0.00335. The van der Waals surface area contributed by atoms with Crippen LogP contribution in [0.2, 0.25) is 0 Å². The van der Waals surface area contributed by atoms with Gasteiger partial charge in [0.15, 0.2) is 5.79 Å². The third-order valence-corrected chi connectivity index (χ3v) is 7.32. The zero-order valence-corrected chi connectivity index (χ0v) is 20.2. The summed E-state index contributed by atoms with van der Waals surface area (Å²) in [5.74, 6) is -0.775. The number of benzene rings is 3. The van der Waals surface area contributed by atoms with Crippen LogP contribution in [0.1, 0.15) is 30.5 Å². The molecule has 1 heterocycles. The van der Waals surface area contributed by atoms with Crippen LogP contribution < -0.4 is 0 Å². The van der Waals surface area contributed by atoms with Crippen LogP contribution in [0, 0.1) is 0 Å². The maximum absolute atomic E-state index is 11.8. The van der Waals surface area contributed by atoms with Gasteiger partial charge in [0, 0.05) is 4.48 Å². The molecule has 1 fully saturated rings. The number of rotatable bonds is 6. The molecule has 0 saturated carbocycles. The lowest BCUT2D eigenvalue weighted by Gasteiger charge is -2.39. The van der Waals surface area contributed by atoms with Crippen molar-refractivity contribution in [3.8, 4) is 0 Å². The zero-order chi connectivity index (χ0) is 23.1. The minimum atomic E-state index is -1.39. The molecule has 0 amide bonds. The van der Waals surface area contributed by atoms with Crippen LogP contribution in [-0.4, -0.2) is 35.3 Å². The second-order valence-corrected chi connectivity index (χ2v) is 9.88. The zero-order valence-electron chi connectivity index (χ0n) is 18.6. The van der Waals surface area contributed by atoms with Gasteiger partial charge in [0.05, 0.1) is 6.61 Å². The van der Waals surface area contributed by atoms with Crippen LogP contribution >= 0.6 is 15.9 Å². The summed E-state index contributed by atoms with van der Waals surface area (Å²) in [5.41, 5.74) is 0.612. The molecule has 5 heteroatoms. The van der Waals surface area contributed by atoms with Gasteiger partial charge in [0.2, 0.25) is 0 Å². The van der Waals surface area contributed by atoms with E-state index < -0.39 is 23.1 Å². The second-order valence-electron chi connectivity index (χ2n) is 9.03. The Labute approximate surface area is 202 Å². The molecule has 0 aromatic heterocycles. The summed E-state index contributed by atoms with van der Waals surface area (Å²) in [5, 5.41) is 11.8. The van der Waals surface area contributed by atoms with Crippen molar-refractivity contribution in [1.82, 2.24) is 0 Å². The average Bonchev–Trinajstić information content (AvgIpc) is 3.26. The summed E-state index contributed by atoms with van der Waals surface area (Å²) in [7, 11) is 0. The maximum Gasteiger partial charge on any atom is 0.164 e. The van der Waals surface area contributed by atoms with E-state index in [0.29, 0.717) is 4.48 Å². The molecule has 1 aliphatic heterocycles. The highest BCUT2D eigenvalue weighted by molar-refractivity contribution is 9.11. The molecule has 0 bridgehead atoms. The Morgan fingerprint density at radius 1 is 0.818 bits per heavy atom. The van der Waals surface area contributed by atoms with E-state index in [1.165, 1.54) is 0 Å². The fraction of sp³-hybridized carbons (Fsp3) is 0.286. The summed E-state index contributed by atoms with van der Waals surface area (Å²) in [6.07, 6.45) is 0.960. The molecule has 33 heavy (non-hydrogen) atoms. The molecule has 3 aromatic rings. The van der Waals surface area contributed by atoms with Crippen molar-refractivity contribution >= 4 is 15.9 Å². The smallest absolute Gasteiger partial charge is 0.164 e. The molecule has 4 nitrogen and oxygen atoms in total. The Bertz CT molecular complexity index is 1030. The Hall–Kier alpha value is -2.28. The quantitative estimate of drug-likeness (QED) is 0.446. The molecule has 3 aromatic carbocycles. The fourth-order valence-corrected chi connectivity index (χ4v) is 5.44. The fourth-order valence-electron chi connectivity index (χ4n) is 4.84. The first-order chi connectivity index (χ1) is 15.9. The molecule has 0 spiro atoms. The Balaban J connectivity index is 1.61. The summed E-state index contributed by atoms with van der Waals surface area (Å²) < 4.78 is 19.6. The van der Waals surface area contributed by atoms with E-state index in [0.717, 1.165) is 16.7 Å². The lowest BCUT2D eigenvalue weighted by molar-refractivity contribution is -0.178. The van der Waals surface area contributed by atoms with Crippen LogP contribution in [0.25, 0.3) is 0 Å². The largest absolute Gasteiger partial charge is 0.379 e. The number of hydrogen-bond acceptors (Lipinski definition) is 4. The monoisotopic (exact) mass is 506 g/mol. The molecule has 0 unspecified atom stereocenters. The van der Waals surface area contributed by atoms with E-state index in [9.17, 15) is 5.11 Å². The average molecular weight is 507 g/mol. The summed E-state index contributed by atoms with van der Waals surface area (Å²) >= 11 is 3.56. The SMILES string of the molecule is CC1(C)O[C@H]2C=C(Br)[C@@](O)(COC(c3ccccc3)(c3ccccc3)c3ccccc3)[C@H]2O1. The Morgan fingerprint density at radius 2 is 1.27 bits per heavy atom. The number of aliphatic hydroxyl groups is 1. The Morgan fingerprint density at radius 3 is 1.73 bits per heavy atom. The van der Waals surface area contributed by atoms with E-state index in [4.69, 9.17) is 14.2 Å². The lowest BCUT2D eigenvalue weighted by atomic mass is 9.80. The third kappa shape index (κ3) is 3.88. The van der Waals surface area contributed by atoms with Crippen LogP contribution in [-0.2, 0) is 19.8 Å². The highest BCUT2D eigenvalue weighted by Gasteiger charge is 2.58. The van der Waals surface area contributed by atoms with Crippen molar-refractivity contribution in [1.29, 1.82) is 0 Å². The van der Waals surface area contributed by atoms with Gasteiger partial charge in [-0.25, -0.2) is 0 Å². The topological polar surface area (TPSA) is 47.9 Å². The second kappa shape index (κ2) is 8.49. The summed E-state index contributed by atoms with van der Waals surface area (Å²) in [6, 6.07) is 30.4. The van der Waals surface area contributed by atoms with E-state index in [2.05, 4.69) is 52.3 Å². The first kappa shape index (κ1) is 22.5. The first-order valence-electron chi connectivity index (χ1n) is 11.1. The van der Waals surface area contributed by atoms with Gasteiger partial charge in [-0.2, -0.15) is 0 Å². The highest BCUT2D eigenvalue weighted by Crippen LogP contribution is 2.48. The van der Waals surface area contributed by atoms with Crippen LogP contribution in [0.3, 0.4) is 0 Å². The standard InChI is InChI=1S/C28H27BrO4/c1-26(2)32-23-18-24(29)27(30,25(23)33-26)19-31-28(20-12-6-3-7-13-20,21-14-8-4-9-15-21)22-16-10-5-11-17-22/h3-18,23,25,30H,19H2,1-2H3/t23-,25-,27-/m0/s1. The van der Waals surface area contributed by atoms with Crippen molar-refractivity contribution in [2.45, 2.75) is 43.0 Å². The molecular weight excluding hydrogens is 480 g/mol. The van der Waals surface area contributed by atoms with Crippen LogP contribution in [0.15, 0.2) is 102 Å². The van der Waals surface area contributed by atoms with Crippen molar-refractivity contribution in [3.63, 3.8) is 0 Å². The summed E-state index contributed by atoms with van der Waals surface area (Å²) in [4.78, 5) is 0. The molecule has 170 valence electrons. The van der Waals surface area contributed by atoms with Gasteiger partial charge in [-0.15, -0.1) is 0 Å². The lowest BCUT2D eigenvalue weighted by Crippen LogP contribution is -2.50. The first-order valence-corrected chi connectivity index (χ1v) is 11.9. The van der Waals surface area contributed by atoms with E-state index in [1.807, 2.05) is 74.5 Å². The van der Waals surface area contributed by atoms with Crippen molar-refractivity contribution < 1.29 is 19.3 Å². The third-order valence-electron chi connectivity index (χ3n) is 6.37. The van der Waals surface area contributed by atoms with Gasteiger partial charge in [0.1, 0.15) is 23.4 Å². The highest BCUT2D eigenvalue weighted by atomic mass is 79.9. The van der Waals surface area contributed by atoms with Gasteiger partial charge in [-0.3, -0.25) is 0 Å². The molecule has 0 radical (unpaired) electrons. The normalized spacial score (nSPS) is 26.1. The van der Waals surface area contributed by atoms with Crippen molar-refractivity contribution in [3.05, 3.63) is 118 Å². The Kier molecular flexibility index (Phi) is 5.79. The van der Waals surface area contributed by atoms with Crippen molar-refractivity contribution in [2.24, 2.45) is 0 Å². The number of ether oxygens (including phenoxy) is 3. The molecule has 2 aliphatic rings. The molecule has 5 rings (SSSR count). The van der Waals surface area contributed by atoms with Gasteiger partial charge < -0.3 is 19.3 Å². The molecule has 1 N–H and O–H groups in total. The van der Waals surface area contributed by atoms with Gasteiger partial charge >= 0.3 is 0 Å².